The molecule has 100 valence electrons. The van der Waals surface area contributed by atoms with Crippen molar-refractivity contribution in [3.63, 3.8) is 0 Å². The first-order valence-corrected chi connectivity index (χ1v) is 7.24. The van der Waals surface area contributed by atoms with Gasteiger partial charge in [0.25, 0.3) is 0 Å². The van der Waals surface area contributed by atoms with Crippen molar-refractivity contribution in [1.29, 1.82) is 0 Å². The summed E-state index contributed by atoms with van der Waals surface area (Å²) in [5.74, 6) is -0.795. The van der Waals surface area contributed by atoms with Gasteiger partial charge in [0.15, 0.2) is 5.17 Å². The largest absolute Gasteiger partial charge is 0.369 e. The lowest BCUT2D eigenvalue weighted by Gasteiger charge is -2.19. The van der Waals surface area contributed by atoms with Crippen LogP contribution in [0.1, 0.15) is 18.2 Å². The van der Waals surface area contributed by atoms with Crippen molar-refractivity contribution >= 4 is 45.8 Å². The Morgan fingerprint density at radius 3 is 3.00 bits per heavy atom. The smallest absolute Gasteiger partial charge is 0.231 e. The van der Waals surface area contributed by atoms with Crippen LogP contribution in [0.15, 0.2) is 27.7 Å². The molecule has 0 aromatic carbocycles. The van der Waals surface area contributed by atoms with E-state index in [2.05, 4.69) is 15.5 Å². The average Bonchev–Trinajstić information content (AvgIpc) is 2.89. The molecule has 19 heavy (non-hydrogen) atoms. The number of carbonyl (C=O) groups excluding carboxylic acids is 2. The van der Waals surface area contributed by atoms with Gasteiger partial charge in [-0.05, 0) is 18.4 Å². The number of amidine groups is 1. The fraction of sp³-hybridized carbons (Fsp3) is 0.273. The summed E-state index contributed by atoms with van der Waals surface area (Å²) in [5, 5.41) is 12.2. The molecule has 0 radical (unpaired) electrons. The normalized spacial score (nSPS) is 22.4. The monoisotopic (exact) mass is 296 g/mol. The van der Waals surface area contributed by atoms with E-state index in [-0.39, 0.29) is 12.3 Å². The minimum atomic E-state index is -0.579. The highest BCUT2D eigenvalue weighted by atomic mass is 32.2. The lowest BCUT2D eigenvalue weighted by Crippen LogP contribution is -2.42. The van der Waals surface area contributed by atoms with Crippen molar-refractivity contribution in [3.8, 4) is 0 Å². The average molecular weight is 296 g/mol. The van der Waals surface area contributed by atoms with E-state index in [0.717, 1.165) is 22.4 Å². The van der Waals surface area contributed by atoms with E-state index in [1.807, 2.05) is 24.4 Å². The molecule has 6 nitrogen and oxygen atoms in total. The number of thioether (sulfide) groups is 1. The second kappa shape index (κ2) is 5.98. The quantitative estimate of drug-likeness (QED) is 0.641. The third-order valence-corrected chi connectivity index (χ3v) is 4.43. The zero-order valence-electron chi connectivity index (χ0n) is 10.1. The first kappa shape index (κ1) is 13.8. The van der Waals surface area contributed by atoms with Gasteiger partial charge in [-0.1, -0.05) is 17.8 Å². The minimum absolute atomic E-state index is 0.0760. The van der Waals surface area contributed by atoms with E-state index < -0.39 is 11.2 Å². The van der Waals surface area contributed by atoms with Crippen LogP contribution in [-0.4, -0.2) is 27.9 Å². The Morgan fingerprint density at radius 2 is 2.37 bits per heavy atom. The van der Waals surface area contributed by atoms with E-state index in [4.69, 9.17) is 5.73 Å². The molecule has 2 amide bonds. The standard InChI is InChI=1S/C11H12N4O2S2/c1-6(7-3-2-4-18-7)14-15-11-13-9(16)5-8(19-11)10(12)17/h2-4,8H,5H2,1H3,(H2,12,17)(H,13,15,16)/b14-6-/t8-/m0/s1. The minimum Gasteiger partial charge on any atom is -0.369 e. The highest BCUT2D eigenvalue weighted by Gasteiger charge is 2.28. The molecule has 0 unspecified atom stereocenters. The number of primary amides is 1. The van der Waals surface area contributed by atoms with Crippen LogP contribution < -0.4 is 11.1 Å². The van der Waals surface area contributed by atoms with E-state index in [1.165, 1.54) is 0 Å². The first-order valence-electron chi connectivity index (χ1n) is 5.48. The van der Waals surface area contributed by atoms with E-state index in [1.54, 1.807) is 11.3 Å². The van der Waals surface area contributed by atoms with Crippen molar-refractivity contribution in [1.82, 2.24) is 5.32 Å². The highest BCUT2D eigenvalue weighted by molar-refractivity contribution is 8.15. The summed E-state index contributed by atoms with van der Waals surface area (Å²) < 4.78 is 0. The van der Waals surface area contributed by atoms with Gasteiger partial charge in [-0.15, -0.1) is 16.4 Å². The molecule has 0 spiro atoms. The Hall–Kier alpha value is -1.67. The van der Waals surface area contributed by atoms with Crippen LogP contribution >= 0.6 is 23.1 Å². The third kappa shape index (κ3) is 3.65. The molecule has 1 fully saturated rings. The molecule has 1 aliphatic heterocycles. The lowest BCUT2D eigenvalue weighted by molar-refractivity contribution is -0.123. The zero-order chi connectivity index (χ0) is 13.8. The van der Waals surface area contributed by atoms with E-state index in [9.17, 15) is 9.59 Å². The van der Waals surface area contributed by atoms with Crippen molar-refractivity contribution in [2.45, 2.75) is 18.6 Å². The Morgan fingerprint density at radius 1 is 1.58 bits per heavy atom. The molecule has 0 saturated carbocycles. The maximum Gasteiger partial charge on any atom is 0.231 e. The van der Waals surface area contributed by atoms with Gasteiger partial charge in [0, 0.05) is 6.42 Å². The second-order valence-electron chi connectivity index (χ2n) is 3.83. The number of hydrogen-bond donors (Lipinski definition) is 2. The number of nitrogens with two attached hydrogens (primary N) is 1. The summed E-state index contributed by atoms with van der Waals surface area (Å²) in [5.41, 5.74) is 5.94. The molecular weight excluding hydrogens is 284 g/mol. The summed E-state index contributed by atoms with van der Waals surface area (Å²) in [6.07, 6.45) is 0.0760. The summed E-state index contributed by atoms with van der Waals surface area (Å²) in [4.78, 5) is 23.5. The van der Waals surface area contributed by atoms with Gasteiger partial charge in [0.05, 0.1) is 15.8 Å². The molecule has 2 rings (SSSR count). The molecule has 1 aromatic heterocycles. The topological polar surface area (TPSA) is 96.9 Å². The molecule has 3 N–H and O–H groups in total. The van der Waals surface area contributed by atoms with E-state index >= 15 is 0 Å². The molecular formula is C11H12N4O2S2. The summed E-state index contributed by atoms with van der Waals surface area (Å²) in [7, 11) is 0. The molecule has 1 saturated heterocycles. The fourth-order valence-corrected chi connectivity index (χ4v) is 2.96. The molecule has 0 bridgehead atoms. The Labute approximate surface area is 118 Å². The highest BCUT2D eigenvalue weighted by Crippen LogP contribution is 2.20. The van der Waals surface area contributed by atoms with Crippen molar-refractivity contribution in [3.05, 3.63) is 22.4 Å². The van der Waals surface area contributed by atoms with Crippen LogP contribution in [0.5, 0.6) is 0 Å². The lowest BCUT2D eigenvalue weighted by atomic mass is 10.3. The van der Waals surface area contributed by atoms with Gasteiger partial charge in [-0.3, -0.25) is 9.59 Å². The summed E-state index contributed by atoms with van der Waals surface area (Å²) >= 11 is 2.68. The van der Waals surface area contributed by atoms with Crippen molar-refractivity contribution in [2.75, 3.05) is 0 Å². The molecule has 8 heteroatoms. The van der Waals surface area contributed by atoms with Crippen LogP contribution in [-0.2, 0) is 9.59 Å². The van der Waals surface area contributed by atoms with Gasteiger partial charge in [0.2, 0.25) is 11.8 Å². The molecule has 1 atom stereocenters. The van der Waals surface area contributed by atoms with E-state index in [0.29, 0.717) is 5.17 Å². The summed E-state index contributed by atoms with van der Waals surface area (Å²) in [6, 6.07) is 3.86. The number of nitrogens with one attached hydrogen (secondary N) is 1. The predicted octanol–water partition coefficient (Wildman–Crippen LogP) is 0.935. The van der Waals surface area contributed by atoms with Crippen LogP contribution in [0.4, 0.5) is 0 Å². The van der Waals surface area contributed by atoms with Crippen LogP contribution in [0.2, 0.25) is 0 Å². The van der Waals surface area contributed by atoms with Crippen LogP contribution in [0, 0.1) is 0 Å². The van der Waals surface area contributed by atoms with Crippen LogP contribution in [0.3, 0.4) is 0 Å². The number of thiophene rings is 1. The number of nitrogens with zero attached hydrogens (tertiary/aromatic N) is 2. The maximum atomic E-state index is 11.4. The van der Waals surface area contributed by atoms with Gasteiger partial charge >= 0.3 is 0 Å². The third-order valence-electron chi connectivity index (χ3n) is 2.36. The van der Waals surface area contributed by atoms with Crippen LogP contribution in [0.25, 0.3) is 0 Å². The zero-order valence-corrected chi connectivity index (χ0v) is 11.8. The summed E-state index contributed by atoms with van der Waals surface area (Å²) in [6.45, 7) is 1.83. The number of hydrogen-bond acceptors (Lipinski definition) is 6. The second-order valence-corrected chi connectivity index (χ2v) is 5.97. The number of carbonyl (C=O) groups is 2. The molecule has 1 aromatic rings. The number of amides is 2. The SMILES string of the molecule is C/C(=N/N=C1\NC(=O)C[C@@H](C(N)=O)S1)c1cccs1. The Kier molecular flexibility index (Phi) is 4.33. The number of rotatable bonds is 3. The maximum absolute atomic E-state index is 11.4. The fourth-order valence-electron chi connectivity index (χ4n) is 1.41. The molecule has 0 aliphatic carbocycles. The van der Waals surface area contributed by atoms with Gasteiger partial charge in [0.1, 0.15) is 0 Å². The predicted molar refractivity (Wildman–Crippen MR) is 77.3 cm³/mol. The van der Waals surface area contributed by atoms with Gasteiger partial charge in [-0.25, -0.2) is 0 Å². The van der Waals surface area contributed by atoms with Crippen molar-refractivity contribution in [2.24, 2.45) is 15.9 Å². The molecule has 2 heterocycles. The van der Waals surface area contributed by atoms with Crippen molar-refractivity contribution < 1.29 is 9.59 Å². The molecule has 1 aliphatic rings. The van der Waals surface area contributed by atoms with Gasteiger partial charge in [-0.2, -0.15) is 5.10 Å². The Bertz CT molecular complexity index is 551. The van der Waals surface area contributed by atoms with Gasteiger partial charge < -0.3 is 11.1 Å². The Balaban J connectivity index is 2.12. The first-order chi connectivity index (χ1) is 9.06.